The Balaban J connectivity index is 2.47. The number of carbonyl (C=O) groups excluding carboxylic acids is 1. The lowest BCUT2D eigenvalue weighted by molar-refractivity contribution is -0.118. The van der Waals surface area contributed by atoms with Gasteiger partial charge in [0, 0.05) is 29.7 Å². The van der Waals surface area contributed by atoms with E-state index in [0.717, 1.165) is 11.4 Å². The van der Waals surface area contributed by atoms with Gasteiger partial charge in [-0.3, -0.25) is 4.79 Å². The molecular formula is C14H20N2OS. The molecule has 0 bridgehead atoms. The van der Waals surface area contributed by atoms with E-state index < -0.39 is 0 Å². The average Bonchev–Trinajstić information content (AvgIpc) is 2.29. The normalized spacial score (nSPS) is 18.7. The van der Waals surface area contributed by atoms with Gasteiger partial charge in [0.2, 0.25) is 5.91 Å². The van der Waals surface area contributed by atoms with E-state index in [2.05, 4.69) is 32.9 Å². The number of hydrogen-bond acceptors (Lipinski definition) is 3. The standard InChI is InChI=1S/C14H20N2OS/c1-9-6-10(2)14-12(7-9)18-8-11(3)16(14)13(17)4-5-15/h6-7,11H,4-5,8,15H2,1-3H3. The molecule has 0 saturated carbocycles. The molecule has 0 radical (unpaired) electrons. The monoisotopic (exact) mass is 264 g/mol. The maximum absolute atomic E-state index is 12.2. The van der Waals surface area contributed by atoms with Gasteiger partial charge in [-0.05, 0) is 38.0 Å². The second kappa shape index (κ2) is 5.33. The van der Waals surface area contributed by atoms with Gasteiger partial charge >= 0.3 is 0 Å². The number of thioether (sulfide) groups is 1. The zero-order valence-corrected chi connectivity index (χ0v) is 12.0. The number of benzene rings is 1. The maximum atomic E-state index is 12.2. The largest absolute Gasteiger partial charge is 0.330 e. The molecule has 0 saturated heterocycles. The van der Waals surface area contributed by atoms with Crippen LogP contribution in [0.3, 0.4) is 0 Å². The molecule has 4 heteroatoms. The molecule has 1 heterocycles. The van der Waals surface area contributed by atoms with E-state index >= 15 is 0 Å². The summed E-state index contributed by atoms with van der Waals surface area (Å²) >= 11 is 1.84. The Morgan fingerprint density at radius 3 is 2.89 bits per heavy atom. The molecule has 1 aliphatic rings. The van der Waals surface area contributed by atoms with Gasteiger partial charge in [-0.25, -0.2) is 0 Å². The highest BCUT2D eigenvalue weighted by Crippen LogP contribution is 2.40. The Labute approximate surface area is 113 Å². The second-order valence-electron chi connectivity index (χ2n) is 4.89. The third kappa shape index (κ3) is 2.40. The molecule has 0 aromatic heterocycles. The van der Waals surface area contributed by atoms with Crippen LogP contribution in [0.15, 0.2) is 17.0 Å². The molecule has 1 aliphatic heterocycles. The van der Waals surface area contributed by atoms with E-state index in [0.29, 0.717) is 13.0 Å². The Kier molecular flexibility index (Phi) is 3.97. The lowest BCUT2D eigenvalue weighted by Gasteiger charge is -2.36. The highest BCUT2D eigenvalue weighted by molar-refractivity contribution is 7.99. The molecule has 2 rings (SSSR count). The average molecular weight is 264 g/mol. The van der Waals surface area contributed by atoms with Crippen LogP contribution in [0, 0.1) is 13.8 Å². The first-order valence-corrected chi connectivity index (χ1v) is 7.29. The first-order valence-electron chi connectivity index (χ1n) is 6.30. The summed E-state index contributed by atoms with van der Waals surface area (Å²) in [7, 11) is 0. The summed E-state index contributed by atoms with van der Waals surface area (Å²) in [6.07, 6.45) is 0.418. The number of carbonyl (C=O) groups is 1. The lowest BCUT2D eigenvalue weighted by atomic mass is 10.1. The van der Waals surface area contributed by atoms with Gasteiger partial charge in [0.05, 0.1) is 5.69 Å². The van der Waals surface area contributed by atoms with Crippen molar-refractivity contribution in [2.75, 3.05) is 17.2 Å². The first-order chi connectivity index (χ1) is 8.54. The third-order valence-electron chi connectivity index (χ3n) is 3.20. The summed E-state index contributed by atoms with van der Waals surface area (Å²) in [6, 6.07) is 4.55. The summed E-state index contributed by atoms with van der Waals surface area (Å²) in [5.41, 5.74) is 9.02. The predicted octanol–water partition coefficient (Wildman–Crippen LogP) is 2.48. The third-order valence-corrected chi connectivity index (χ3v) is 4.47. The van der Waals surface area contributed by atoms with E-state index in [-0.39, 0.29) is 11.9 Å². The molecule has 18 heavy (non-hydrogen) atoms. The van der Waals surface area contributed by atoms with Gasteiger partial charge < -0.3 is 10.6 Å². The number of aryl methyl sites for hydroxylation is 2. The van der Waals surface area contributed by atoms with Crippen LogP contribution in [-0.2, 0) is 4.79 Å². The van der Waals surface area contributed by atoms with E-state index in [9.17, 15) is 4.79 Å². The molecule has 0 aliphatic carbocycles. The van der Waals surface area contributed by atoms with Crippen molar-refractivity contribution in [2.24, 2.45) is 5.73 Å². The fourth-order valence-electron chi connectivity index (χ4n) is 2.46. The van der Waals surface area contributed by atoms with Crippen LogP contribution in [0.4, 0.5) is 5.69 Å². The van der Waals surface area contributed by atoms with Gasteiger partial charge in [-0.2, -0.15) is 0 Å². The Hall–Kier alpha value is -1.00. The number of hydrogen-bond donors (Lipinski definition) is 1. The second-order valence-corrected chi connectivity index (χ2v) is 5.95. The van der Waals surface area contributed by atoms with Crippen LogP contribution >= 0.6 is 11.8 Å². The van der Waals surface area contributed by atoms with Crippen molar-refractivity contribution < 1.29 is 4.79 Å². The van der Waals surface area contributed by atoms with Crippen LogP contribution in [-0.4, -0.2) is 24.2 Å². The summed E-state index contributed by atoms with van der Waals surface area (Å²) in [5.74, 6) is 1.09. The number of nitrogens with two attached hydrogens (primary N) is 1. The van der Waals surface area contributed by atoms with Crippen molar-refractivity contribution in [1.29, 1.82) is 0 Å². The SMILES string of the molecule is Cc1cc(C)c2c(c1)SCC(C)N2C(=O)CCN. The summed E-state index contributed by atoms with van der Waals surface area (Å²) < 4.78 is 0. The fourth-order valence-corrected chi connectivity index (χ4v) is 3.69. The topological polar surface area (TPSA) is 46.3 Å². The molecule has 1 unspecified atom stereocenters. The van der Waals surface area contributed by atoms with E-state index in [1.165, 1.54) is 16.0 Å². The highest BCUT2D eigenvalue weighted by Gasteiger charge is 2.29. The maximum Gasteiger partial charge on any atom is 0.228 e. The zero-order chi connectivity index (χ0) is 13.3. The minimum Gasteiger partial charge on any atom is -0.330 e. The molecule has 0 fully saturated rings. The summed E-state index contributed by atoms with van der Waals surface area (Å²) in [6.45, 7) is 6.68. The van der Waals surface area contributed by atoms with Gasteiger partial charge in [-0.1, -0.05) is 6.07 Å². The summed E-state index contributed by atoms with van der Waals surface area (Å²) in [5, 5.41) is 0. The fraction of sp³-hybridized carbons (Fsp3) is 0.500. The number of amides is 1. The Bertz CT molecular complexity index is 473. The van der Waals surface area contributed by atoms with Crippen molar-refractivity contribution in [3.63, 3.8) is 0 Å². The van der Waals surface area contributed by atoms with Crippen LogP contribution in [0.2, 0.25) is 0 Å². The zero-order valence-electron chi connectivity index (χ0n) is 11.2. The quantitative estimate of drug-likeness (QED) is 0.892. The van der Waals surface area contributed by atoms with E-state index in [1.807, 2.05) is 16.7 Å². The van der Waals surface area contributed by atoms with Crippen LogP contribution in [0.25, 0.3) is 0 Å². The number of fused-ring (bicyclic) bond motifs is 1. The van der Waals surface area contributed by atoms with Gasteiger partial charge in [0.15, 0.2) is 0 Å². The Morgan fingerprint density at radius 2 is 2.22 bits per heavy atom. The minimum absolute atomic E-state index is 0.138. The molecule has 1 atom stereocenters. The van der Waals surface area contributed by atoms with E-state index in [1.54, 1.807) is 0 Å². The van der Waals surface area contributed by atoms with Crippen LogP contribution in [0.5, 0.6) is 0 Å². The molecule has 1 aromatic rings. The smallest absolute Gasteiger partial charge is 0.228 e. The van der Waals surface area contributed by atoms with Crippen molar-refractivity contribution in [3.05, 3.63) is 23.3 Å². The van der Waals surface area contributed by atoms with E-state index in [4.69, 9.17) is 5.73 Å². The molecule has 1 amide bonds. The summed E-state index contributed by atoms with van der Waals surface area (Å²) in [4.78, 5) is 15.4. The van der Waals surface area contributed by atoms with Crippen molar-refractivity contribution in [1.82, 2.24) is 0 Å². The predicted molar refractivity (Wildman–Crippen MR) is 77.3 cm³/mol. The van der Waals surface area contributed by atoms with Crippen molar-refractivity contribution in [2.45, 2.75) is 38.1 Å². The molecular weight excluding hydrogens is 244 g/mol. The molecule has 3 nitrogen and oxygen atoms in total. The molecule has 98 valence electrons. The van der Waals surface area contributed by atoms with Gasteiger partial charge in [-0.15, -0.1) is 11.8 Å². The molecule has 0 spiro atoms. The van der Waals surface area contributed by atoms with Crippen LogP contribution in [0.1, 0.15) is 24.5 Å². The Morgan fingerprint density at radius 1 is 1.50 bits per heavy atom. The van der Waals surface area contributed by atoms with Crippen molar-refractivity contribution >= 4 is 23.4 Å². The van der Waals surface area contributed by atoms with Gasteiger partial charge in [0.1, 0.15) is 0 Å². The molecule has 2 N–H and O–H groups in total. The van der Waals surface area contributed by atoms with Crippen molar-refractivity contribution in [3.8, 4) is 0 Å². The molecule has 1 aromatic carbocycles. The minimum atomic E-state index is 0.138. The van der Waals surface area contributed by atoms with Crippen LogP contribution < -0.4 is 10.6 Å². The van der Waals surface area contributed by atoms with Gasteiger partial charge in [0.25, 0.3) is 0 Å². The number of nitrogens with zero attached hydrogens (tertiary/aromatic N) is 1. The lowest BCUT2D eigenvalue weighted by Crippen LogP contribution is -2.43. The first kappa shape index (κ1) is 13.4. The number of rotatable bonds is 2. The number of anilines is 1. The highest BCUT2D eigenvalue weighted by atomic mass is 32.2.